The van der Waals surface area contributed by atoms with Crippen molar-refractivity contribution in [1.29, 1.82) is 0 Å². The van der Waals surface area contributed by atoms with Crippen LogP contribution < -0.4 is 5.73 Å². The topological polar surface area (TPSA) is 52.3 Å². The van der Waals surface area contributed by atoms with Crippen LogP contribution in [0.15, 0.2) is 12.3 Å². The van der Waals surface area contributed by atoms with Gasteiger partial charge in [-0.1, -0.05) is 13.0 Å². The van der Waals surface area contributed by atoms with E-state index in [1.165, 1.54) is 25.7 Å². The van der Waals surface area contributed by atoms with Gasteiger partial charge in [-0.2, -0.15) is 0 Å². The Morgan fingerprint density at radius 1 is 1.41 bits per heavy atom. The summed E-state index contributed by atoms with van der Waals surface area (Å²) in [5.41, 5.74) is 5.15. The molecule has 3 fully saturated rings. The number of fused-ring (bicyclic) bond motifs is 5. The van der Waals surface area contributed by atoms with Crippen molar-refractivity contribution in [1.82, 2.24) is 0 Å². The van der Waals surface area contributed by atoms with E-state index in [2.05, 4.69) is 13.5 Å². The summed E-state index contributed by atoms with van der Waals surface area (Å²) in [5, 5.41) is 0. The number of ether oxygens (including phenoxy) is 1. The third-order valence-corrected chi connectivity index (χ3v) is 5.34. The van der Waals surface area contributed by atoms with Crippen molar-refractivity contribution in [2.24, 2.45) is 29.4 Å². The fourth-order valence-electron chi connectivity index (χ4n) is 4.78. The van der Waals surface area contributed by atoms with Crippen molar-refractivity contribution in [3.8, 4) is 0 Å². The lowest BCUT2D eigenvalue weighted by Gasteiger charge is -2.39. The van der Waals surface area contributed by atoms with E-state index < -0.39 is 5.97 Å². The number of rotatable bonds is 2. The van der Waals surface area contributed by atoms with Gasteiger partial charge in [0.05, 0.1) is 0 Å². The van der Waals surface area contributed by atoms with E-state index in [0.29, 0.717) is 5.92 Å². The molecular weight excluding hydrogens is 214 g/mol. The predicted molar refractivity (Wildman–Crippen MR) is 64.9 cm³/mol. The molecule has 3 aliphatic carbocycles. The second-order valence-corrected chi connectivity index (χ2v) is 6.29. The molecule has 5 unspecified atom stereocenters. The molecule has 3 aliphatic rings. The van der Waals surface area contributed by atoms with Crippen LogP contribution in [0.1, 0.15) is 39.0 Å². The summed E-state index contributed by atoms with van der Waals surface area (Å²) in [4.78, 5) is 11.6. The van der Waals surface area contributed by atoms with Crippen LogP contribution in [0.5, 0.6) is 0 Å². The van der Waals surface area contributed by atoms with Crippen LogP contribution in [0.4, 0.5) is 0 Å². The molecule has 2 N–H and O–H groups in total. The van der Waals surface area contributed by atoms with Crippen molar-refractivity contribution in [3.05, 3.63) is 12.3 Å². The molecule has 3 rings (SSSR count). The van der Waals surface area contributed by atoms with Gasteiger partial charge in [0.25, 0.3) is 0 Å². The van der Waals surface area contributed by atoms with Crippen molar-refractivity contribution < 1.29 is 9.53 Å². The zero-order valence-electron chi connectivity index (χ0n) is 10.4. The SMILES string of the molecule is C=C(N)C(=O)OC1(C)CC2CC1C1CCCC21. The average Bonchev–Trinajstić information content (AvgIpc) is 2.86. The van der Waals surface area contributed by atoms with Crippen LogP contribution in [0, 0.1) is 23.7 Å². The Hall–Kier alpha value is -0.990. The molecule has 2 bridgehead atoms. The third-order valence-electron chi connectivity index (χ3n) is 5.34. The van der Waals surface area contributed by atoms with Crippen molar-refractivity contribution >= 4 is 5.97 Å². The van der Waals surface area contributed by atoms with Crippen LogP contribution in [0.25, 0.3) is 0 Å². The minimum absolute atomic E-state index is 0.0250. The Morgan fingerprint density at radius 3 is 2.82 bits per heavy atom. The highest BCUT2D eigenvalue weighted by Crippen LogP contribution is 2.63. The van der Waals surface area contributed by atoms with E-state index in [1.807, 2.05) is 0 Å². The quantitative estimate of drug-likeness (QED) is 0.590. The molecule has 0 heterocycles. The maximum atomic E-state index is 11.6. The van der Waals surface area contributed by atoms with E-state index in [1.54, 1.807) is 0 Å². The van der Waals surface area contributed by atoms with E-state index in [0.717, 1.165) is 24.2 Å². The van der Waals surface area contributed by atoms with E-state index in [4.69, 9.17) is 10.5 Å². The van der Waals surface area contributed by atoms with E-state index >= 15 is 0 Å². The zero-order chi connectivity index (χ0) is 12.2. The fourth-order valence-corrected chi connectivity index (χ4v) is 4.78. The molecule has 0 saturated heterocycles. The van der Waals surface area contributed by atoms with Crippen molar-refractivity contribution in [2.45, 2.75) is 44.6 Å². The molecule has 0 amide bonds. The molecule has 3 nitrogen and oxygen atoms in total. The Bertz CT molecular complexity index is 378. The van der Waals surface area contributed by atoms with Gasteiger partial charge >= 0.3 is 5.97 Å². The third kappa shape index (κ3) is 1.51. The molecule has 0 aliphatic heterocycles. The second-order valence-electron chi connectivity index (χ2n) is 6.29. The summed E-state index contributed by atoms with van der Waals surface area (Å²) in [6, 6.07) is 0. The fraction of sp³-hybridized carbons (Fsp3) is 0.786. The van der Waals surface area contributed by atoms with Gasteiger partial charge in [0.15, 0.2) is 0 Å². The molecule has 3 heteroatoms. The summed E-state index contributed by atoms with van der Waals surface area (Å²) in [7, 11) is 0. The molecule has 3 saturated carbocycles. The molecule has 17 heavy (non-hydrogen) atoms. The molecule has 0 radical (unpaired) electrons. The minimum Gasteiger partial charge on any atom is -0.454 e. The largest absolute Gasteiger partial charge is 0.454 e. The predicted octanol–water partition coefficient (Wildman–Crippen LogP) is 2.22. The maximum Gasteiger partial charge on any atom is 0.354 e. The number of hydrogen-bond donors (Lipinski definition) is 1. The van der Waals surface area contributed by atoms with Gasteiger partial charge in [-0.25, -0.2) is 4.79 Å². The number of carbonyl (C=O) groups excluding carboxylic acids is 1. The molecule has 94 valence electrons. The van der Waals surface area contributed by atoms with Crippen molar-refractivity contribution in [2.75, 3.05) is 0 Å². The summed E-state index contributed by atoms with van der Waals surface area (Å²) < 4.78 is 5.64. The Balaban J connectivity index is 1.77. The van der Waals surface area contributed by atoms with Crippen LogP contribution >= 0.6 is 0 Å². The van der Waals surface area contributed by atoms with Gasteiger partial charge in [-0.05, 0) is 50.4 Å². The first-order valence-corrected chi connectivity index (χ1v) is 6.69. The number of esters is 1. The maximum absolute atomic E-state index is 11.6. The highest BCUT2D eigenvalue weighted by atomic mass is 16.6. The monoisotopic (exact) mass is 235 g/mol. The van der Waals surface area contributed by atoms with Crippen LogP contribution in [0.3, 0.4) is 0 Å². The van der Waals surface area contributed by atoms with Crippen LogP contribution in [-0.4, -0.2) is 11.6 Å². The Labute approximate surface area is 102 Å². The average molecular weight is 235 g/mol. The molecule has 0 aromatic heterocycles. The molecule has 0 aromatic rings. The summed E-state index contributed by atoms with van der Waals surface area (Å²) in [6.45, 7) is 5.55. The summed E-state index contributed by atoms with van der Waals surface area (Å²) >= 11 is 0. The molecule has 0 aromatic carbocycles. The highest BCUT2D eigenvalue weighted by Gasteiger charge is 2.60. The van der Waals surface area contributed by atoms with Gasteiger partial charge in [-0.3, -0.25) is 0 Å². The summed E-state index contributed by atoms with van der Waals surface area (Å²) in [5.74, 6) is 2.61. The van der Waals surface area contributed by atoms with Crippen molar-refractivity contribution in [3.63, 3.8) is 0 Å². The molecular formula is C14H21NO2. The first kappa shape index (κ1) is 11.1. The lowest BCUT2D eigenvalue weighted by Crippen LogP contribution is -2.43. The van der Waals surface area contributed by atoms with Gasteiger partial charge < -0.3 is 10.5 Å². The molecule has 5 atom stereocenters. The van der Waals surface area contributed by atoms with Crippen LogP contribution in [-0.2, 0) is 9.53 Å². The number of nitrogens with two attached hydrogens (primary N) is 1. The first-order chi connectivity index (χ1) is 8.01. The van der Waals surface area contributed by atoms with E-state index in [-0.39, 0.29) is 11.3 Å². The van der Waals surface area contributed by atoms with E-state index in [9.17, 15) is 4.79 Å². The van der Waals surface area contributed by atoms with Crippen LogP contribution in [0.2, 0.25) is 0 Å². The van der Waals surface area contributed by atoms with Gasteiger partial charge in [0, 0.05) is 5.92 Å². The smallest absolute Gasteiger partial charge is 0.354 e. The first-order valence-electron chi connectivity index (χ1n) is 6.69. The second kappa shape index (κ2) is 3.50. The zero-order valence-corrected chi connectivity index (χ0v) is 10.4. The normalized spacial score (nSPS) is 46.9. The lowest BCUT2D eigenvalue weighted by molar-refractivity contribution is -0.161. The number of hydrogen-bond acceptors (Lipinski definition) is 3. The Kier molecular flexibility index (Phi) is 2.29. The Morgan fingerprint density at radius 2 is 2.12 bits per heavy atom. The lowest BCUT2D eigenvalue weighted by atomic mass is 9.73. The highest BCUT2D eigenvalue weighted by molar-refractivity contribution is 5.86. The standard InChI is InChI=1S/C14H21NO2/c1-8(15)13(16)17-14(2)7-9-6-12(14)11-5-3-4-10(9)11/h9-12H,1,3-7,15H2,2H3. The van der Waals surface area contributed by atoms with Gasteiger partial charge in [0.2, 0.25) is 0 Å². The van der Waals surface area contributed by atoms with Gasteiger partial charge in [-0.15, -0.1) is 0 Å². The summed E-state index contributed by atoms with van der Waals surface area (Å²) in [6.07, 6.45) is 6.34. The molecule has 0 spiro atoms. The van der Waals surface area contributed by atoms with Gasteiger partial charge in [0.1, 0.15) is 11.3 Å². The minimum atomic E-state index is -0.422. The number of carbonyl (C=O) groups is 1.